The molecule has 0 unspecified atom stereocenters. The van der Waals surface area contributed by atoms with Gasteiger partial charge in [0.25, 0.3) is 0 Å². The van der Waals surface area contributed by atoms with E-state index in [1.165, 1.54) is 0 Å². The van der Waals surface area contributed by atoms with Crippen molar-refractivity contribution in [2.24, 2.45) is 0 Å². The van der Waals surface area contributed by atoms with Crippen molar-refractivity contribution in [2.75, 3.05) is 6.61 Å². The number of carbonyl (C=O) groups is 1. The van der Waals surface area contributed by atoms with Gasteiger partial charge in [-0.1, -0.05) is 6.92 Å². The highest BCUT2D eigenvalue weighted by Gasteiger charge is 2.20. The van der Waals surface area contributed by atoms with E-state index >= 15 is 0 Å². The summed E-state index contributed by atoms with van der Waals surface area (Å²) in [5.74, 6) is 0.00315. The normalized spacial score (nSPS) is 13.5. The molecule has 0 fully saturated rings. The largest absolute Gasteiger partial charge is 0.493 e. The van der Waals surface area contributed by atoms with E-state index in [9.17, 15) is 4.79 Å². The molecule has 0 saturated heterocycles. The third kappa shape index (κ3) is 1.25. The minimum atomic E-state index is -0.850. The van der Waals surface area contributed by atoms with Gasteiger partial charge < -0.3 is 9.84 Å². The van der Waals surface area contributed by atoms with Crippen molar-refractivity contribution < 1.29 is 14.6 Å². The number of fused-ring (bicyclic) bond motifs is 1. The Kier molecular flexibility index (Phi) is 2.15. The van der Waals surface area contributed by atoms with Gasteiger partial charge in [-0.2, -0.15) is 0 Å². The Morgan fingerprint density at radius 3 is 3.00 bits per heavy atom. The lowest BCUT2D eigenvalue weighted by atomic mass is 9.97. The second-order valence-electron chi connectivity index (χ2n) is 3.33. The first-order chi connectivity index (χ1) is 6.74. The van der Waals surface area contributed by atoms with Crippen molar-refractivity contribution in [3.05, 3.63) is 28.8 Å². The van der Waals surface area contributed by atoms with Crippen molar-refractivity contribution in [2.45, 2.75) is 19.8 Å². The van der Waals surface area contributed by atoms with Gasteiger partial charge in [0.1, 0.15) is 5.75 Å². The summed E-state index contributed by atoms with van der Waals surface area (Å²) in [7, 11) is 0. The first-order valence-electron chi connectivity index (χ1n) is 4.75. The first-order valence-corrected chi connectivity index (χ1v) is 4.75. The molecule has 1 heterocycles. The standard InChI is InChI=1S/C11H12O3/c1-2-7-8-5-6-14-10(8)4-3-9(7)11(12)13/h3-4H,2,5-6H2,1H3,(H,12,13). The molecule has 1 N–H and O–H groups in total. The molecule has 0 saturated carbocycles. The average Bonchev–Trinajstić information content (AvgIpc) is 2.63. The van der Waals surface area contributed by atoms with E-state index in [1.807, 2.05) is 6.92 Å². The maximum Gasteiger partial charge on any atom is 0.335 e. The zero-order valence-electron chi connectivity index (χ0n) is 8.04. The minimum absolute atomic E-state index is 0.414. The predicted molar refractivity (Wildman–Crippen MR) is 52.0 cm³/mol. The summed E-state index contributed by atoms with van der Waals surface area (Å²) < 4.78 is 5.38. The smallest absolute Gasteiger partial charge is 0.335 e. The molecule has 1 aromatic carbocycles. The Morgan fingerprint density at radius 1 is 1.57 bits per heavy atom. The molecule has 3 heteroatoms. The lowest BCUT2D eigenvalue weighted by molar-refractivity contribution is 0.0695. The topological polar surface area (TPSA) is 46.5 Å². The van der Waals surface area contributed by atoms with Crippen molar-refractivity contribution in [1.29, 1.82) is 0 Å². The van der Waals surface area contributed by atoms with Gasteiger partial charge >= 0.3 is 5.97 Å². The van der Waals surface area contributed by atoms with E-state index in [-0.39, 0.29) is 0 Å². The fourth-order valence-corrected chi connectivity index (χ4v) is 1.95. The van der Waals surface area contributed by atoms with Gasteiger partial charge in [-0.25, -0.2) is 4.79 Å². The summed E-state index contributed by atoms with van der Waals surface area (Å²) in [4.78, 5) is 10.9. The van der Waals surface area contributed by atoms with Crippen LogP contribution >= 0.6 is 0 Å². The van der Waals surface area contributed by atoms with Crippen LogP contribution in [-0.2, 0) is 12.8 Å². The zero-order chi connectivity index (χ0) is 10.1. The highest BCUT2D eigenvalue weighted by Crippen LogP contribution is 2.30. The maximum atomic E-state index is 10.9. The van der Waals surface area contributed by atoms with Gasteiger partial charge in [0.05, 0.1) is 12.2 Å². The van der Waals surface area contributed by atoms with Crippen molar-refractivity contribution in [3.8, 4) is 5.75 Å². The number of ether oxygens (including phenoxy) is 1. The summed E-state index contributed by atoms with van der Waals surface area (Å²) in [5.41, 5.74) is 2.41. The number of carboxylic acid groups (broad SMARTS) is 1. The first kappa shape index (κ1) is 9.06. The van der Waals surface area contributed by atoms with Crippen LogP contribution < -0.4 is 4.74 Å². The number of benzene rings is 1. The molecular formula is C11H12O3. The monoisotopic (exact) mass is 192 g/mol. The number of rotatable bonds is 2. The summed E-state index contributed by atoms with van der Waals surface area (Å²) >= 11 is 0. The Balaban J connectivity index is 2.59. The molecule has 1 aliphatic rings. The van der Waals surface area contributed by atoms with Crippen LogP contribution in [0, 0.1) is 0 Å². The van der Waals surface area contributed by atoms with Crippen molar-refractivity contribution in [1.82, 2.24) is 0 Å². The van der Waals surface area contributed by atoms with Gasteiger partial charge in [0, 0.05) is 12.0 Å². The Labute approximate surface area is 82.3 Å². The molecule has 0 aromatic heterocycles. The van der Waals surface area contributed by atoms with Gasteiger partial charge in [-0.15, -0.1) is 0 Å². The van der Waals surface area contributed by atoms with E-state index in [4.69, 9.17) is 9.84 Å². The summed E-state index contributed by atoms with van der Waals surface area (Å²) in [6.07, 6.45) is 1.58. The van der Waals surface area contributed by atoms with Crippen LogP contribution in [-0.4, -0.2) is 17.7 Å². The number of hydrogen-bond acceptors (Lipinski definition) is 2. The summed E-state index contributed by atoms with van der Waals surface area (Å²) in [6, 6.07) is 3.39. The maximum absolute atomic E-state index is 10.9. The van der Waals surface area contributed by atoms with E-state index in [0.717, 1.165) is 29.7 Å². The van der Waals surface area contributed by atoms with Crippen LogP contribution in [0.1, 0.15) is 28.4 Å². The zero-order valence-corrected chi connectivity index (χ0v) is 8.04. The van der Waals surface area contributed by atoms with Gasteiger partial charge in [-0.3, -0.25) is 0 Å². The van der Waals surface area contributed by atoms with Gasteiger partial charge in [-0.05, 0) is 24.1 Å². The quantitative estimate of drug-likeness (QED) is 0.778. The molecule has 0 atom stereocenters. The molecule has 0 amide bonds. The molecular weight excluding hydrogens is 180 g/mol. The molecule has 1 aromatic rings. The fourth-order valence-electron chi connectivity index (χ4n) is 1.95. The third-order valence-corrected chi connectivity index (χ3v) is 2.58. The highest BCUT2D eigenvalue weighted by atomic mass is 16.5. The minimum Gasteiger partial charge on any atom is -0.493 e. The van der Waals surface area contributed by atoms with Gasteiger partial charge in [0.2, 0.25) is 0 Å². The molecule has 1 aliphatic heterocycles. The van der Waals surface area contributed by atoms with E-state index < -0.39 is 5.97 Å². The van der Waals surface area contributed by atoms with Crippen LogP contribution in [0.5, 0.6) is 5.75 Å². The van der Waals surface area contributed by atoms with Crippen LogP contribution in [0.3, 0.4) is 0 Å². The predicted octanol–water partition coefficient (Wildman–Crippen LogP) is 1.88. The molecule has 2 rings (SSSR count). The van der Waals surface area contributed by atoms with Crippen LogP contribution in [0.25, 0.3) is 0 Å². The molecule has 0 bridgehead atoms. The van der Waals surface area contributed by atoms with E-state index in [0.29, 0.717) is 12.2 Å². The lowest BCUT2D eigenvalue weighted by Gasteiger charge is -2.08. The number of aromatic carboxylic acids is 1. The Hall–Kier alpha value is -1.51. The molecule has 0 radical (unpaired) electrons. The van der Waals surface area contributed by atoms with E-state index in [1.54, 1.807) is 12.1 Å². The fraction of sp³-hybridized carbons (Fsp3) is 0.364. The van der Waals surface area contributed by atoms with Crippen LogP contribution in [0.2, 0.25) is 0 Å². The van der Waals surface area contributed by atoms with Crippen molar-refractivity contribution >= 4 is 5.97 Å². The lowest BCUT2D eigenvalue weighted by Crippen LogP contribution is -2.04. The Morgan fingerprint density at radius 2 is 2.36 bits per heavy atom. The average molecular weight is 192 g/mol. The van der Waals surface area contributed by atoms with Gasteiger partial charge in [0.15, 0.2) is 0 Å². The molecule has 14 heavy (non-hydrogen) atoms. The van der Waals surface area contributed by atoms with E-state index in [2.05, 4.69) is 0 Å². The van der Waals surface area contributed by atoms with Crippen molar-refractivity contribution in [3.63, 3.8) is 0 Å². The molecule has 0 spiro atoms. The number of carboxylic acids is 1. The summed E-state index contributed by atoms with van der Waals surface area (Å²) in [5, 5.41) is 8.99. The molecule has 74 valence electrons. The van der Waals surface area contributed by atoms with Crippen LogP contribution in [0.15, 0.2) is 12.1 Å². The SMILES string of the molecule is CCc1c(C(=O)O)ccc2c1CCO2. The second kappa shape index (κ2) is 3.33. The van der Waals surface area contributed by atoms with Crippen LogP contribution in [0.4, 0.5) is 0 Å². The highest BCUT2D eigenvalue weighted by molar-refractivity contribution is 5.90. The Bertz CT molecular complexity index is 382. The second-order valence-corrected chi connectivity index (χ2v) is 3.33. The summed E-state index contributed by atoms with van der Waals surface area (Å²) in [6.45, 7) is 2.64. The number of hydrogen-bond donors (Lipinski definition) is 1. The third-order valence-electron chi connectivity index (χ3n) is 2.58. The molecule has 0 aliphatic carbocycles. The molecule has 3 nitrogen and oxygen atoms in total.